The molecule has 0 aliphatic heterocycles. The SMILES string of the molecule is COc1ccc(CN(C)S(=O)(=O)c2cnc[nH]2)cc1. The molecule has 0 aliphatic carbocycles. The predicted octanol–water partition coefficient (Wildman–Crippen LogP) is 1.24. The second-order valence-corrected chi connectivity index (χ2v) is 6.04. The number of nitrogens with one attached hydrogen (secondary N) is 1. The highest BCUT2D eigenvalue weighted by Gasteiger charge is 2.22. The largest absolute Gasteiger partial charge is 0.497 e. The molecule has 1 aromatic heterocycles. The lowest BCUT2D eigenvalue weighted by atomic mass is 10.2. The summed E-state index contributed by atoms with van der Waals surface area (Å²) in [6, 6.07) is 7.26. The number of nitrogens with zero attached hydrogens (tertiary/aromatic N) is 2. The van der Waals surface area contributed by atoms with Gasteiger partial charge in [-0.2, -0.15) is 4.31 Å². The van der Waals surface area contributed by atoms with Crippen LogP contribution in [0.1, 0.15) is 5.56 Å². The minimum Gasteiger partial charge on any atom is -0.497 e. The fourth-order valence-corrected chi connectivity index (χ4v) is 2.68. The summed E-state index contributed by atoms with van der Waals surface area (Å²) < 4.78 is 30.6. The number of methoxy groups -OCH3 is 1. The molecule has 0 radical (unpaired) electrons. The minimum absolute atomic E-state index is 0.0866. The quantitative estimate of drug-likeness (QED) is 0.894. The molecule has 0 bridgehead atoms. The number of aromatic amines is 1. The van der Waals surface area contributed by atoms with Gasteiger partial charge in [-0.15, -0.1) is 0 Å². The number of sulfonamides is 1. The van der Waals surface area contributed by atoms with Gasteiger partial charge in [-0.3, -0.25) is 0 Å². The van der Waals surface area contributed by atoms with Crippen LogP contribution in [0, 0.1) is 0 Å². The van der Waals surface area contributed by atoms with Crippen molar-refractivity contribution in [1.82, 2.24) is 14.3 Å². The van der Waals surface area contributed by atoms with E-state index in [4.69, 9.17) is 4.74 Å². The molecule has 0 saturated carbocycles. The molecule has 6 nitrogen and oxygen atoms in total. The highest BCUT2D eigenvalue weighted by Crippen LogP contribution is 2.16. The Morgan fingerprint density at radius 1 is 1.32 bits per heavy atom. The molecular weight excluding hydrogens is 266 g/mol. The van der Waals surface area contributed by atoms with Crippen LogP contribution in [0.2, 0.25) is 0 Å². The van der Waals surface area contributed by atoms with E-state index in [1.807, 2.05) is 12.1 Å². The van der Waals surface area contributed by atoms with Crippen molar-refractivity contribution in [2.24, 2.45) is 0 Å². The van der Waals surface area contributed by atoms with Gasteiger partial charge in [-0.1, -0.05) is 12.1 Å². The molecule has 0 atom stereocenters. The summed E-state index contributed by atoms with van der Waals surface area (Å²) >= 11 is 0. The van der Waals surface area contributed by atoms with Crippen molar-refractivity contribution in [3.8, 4) is 5.75 Å². The summed E-state index contributed by atoms with van der Waals surface area (Å²) in [6.45, 7) is 0.283. The third-order valence-electron chi connectivity index (χ3n) is 2.73. The van der Waals surface area contributed by atoms with Crippen LogP contribution in [-0.4, -0.2) is 36.8 Å². The Balaban J connectivity index is 2.14. The average molecular weight is 281 g/mol. The molecule has 0 aliphatic rings. The lowest BCUT2D eigenvalue weighted by Crippen LogP contribution is -2.26. The van der Waals surface area contributed by atoms with E-state index in [9.17, 15) is 8.42 Å². The lowest BCUT2D eigenvalue weighted by molar-refractivity contribution is 0.414. The van der Waals surface area contributed by atoms with Crippen molar-refractivity contribution in [3.63, 3.8) is 0 Å². The van der Waals surface area contributed by atoms with Gasteiger partial charge >= 0.3 is 0 Å². The first-order chi connectivity index (χ1) is 9.04. The van der Waals surface area contributed by atoms with Gasteiger partial charge in [-0.25, -0.2) is 13.4 Å². The van der Waals surface area contributed by atoms with Crippen molar-refractivity contribution >= 4 is 10.0 Å². The number of rotatable bonds is 5. The second-order valence-electron chi connectivity index (χ2n) is 4.03. The van der Waals surface area contributed by atoms with Crippen molar-refractivity contribution in [1.29, 1.82) is 0 Å². The standard InChI is InChI=1S/C12H15N3O3S/c1-15(19(16,17)12-7-13-9-14-12)8-10-3-5-11(18-2)6-4-10/h3-7,9H,8H2,1-2H3,(H,13,14). The molecule has 0 amide bonds. The number of benzene rings is 1. The molecule has 102 valence electrons. The fraction of sp³-hybridized carbons (Fsp3) is 0.250. The van der Waals surface area contributed by atoms with E-state index >= 15 is 0 Å². The molecule has 7 heteroatoms. The summed E-state index contributed by atoms with van der Waals surface area (Å²) in [6.07, 6.45) is 2.63. The Bertz CT molecular complexity index is 621. The molecule has 0 saturated heterocycles. The number of hydrogen-bond acceptors (Lipinski definition) is 4. The summed E-state index contributed by atoms with van der Waals surface area (Å²) in [5.74, 6) is 0.739. The van der Waals surface area contributed by atoms with Gasteiger partial charge < -0.3 is 9.72 Å². The van der Waals surface area contributed by atoms with Gasteiger partial charge in [0.25, 0.3) is 10.0 Å². The van der Waals surface area contributed by atoms with Crippen LogP contribution in [-0.2, 0) is 16.6 Å². The van der Waals surface area contributed by atoms with Crippen molar-refractivity contribution in [2.75, 3.05) is 14.2 Å². The average Bonchev–Trinajstić information content (AvgIpc) is 2.94. The Kier molecular flexibility index (Phi) is 3.87. The van der Waals surface area contributed by atoms with E-state index in [1.165, 1.54) is 23.9 Å². The van der Waals surface area contributed by atoms with E-state index in [1.54, 1.807) is 19.2 Å². The van der Waals surface area contributed by atoms with Crippen LogP contribution < -0.4 is 4.74 Å². The highest BCUT2D eigenvalue weighted by atomic mass is 32.2. The molecular formula is C12H15N3O3S. The maximum absolute atomic E-state index is 12.2. The first-order valence-electron chi connectivity index (χ1n) is 5.61. The molecule has 1 heterocycles. The fourth-order valence-electron chi connectivity index (χ4n) is 1.63. The summed E-state index contributed by atoms with van der Waals surface area (Å²) in [7, 11) is -0.410. The van der Waals surface area contributed by atoms with Crippen LogP contribution in [0.4, 0.5) is 0 Å². The van der Waals surface area contributed by atoms with Crippen molar-refractivity contribution < 1.29 is 13.2 Å². The lowest BCUT2D eigenvalue weighted by Gasteiger charge is -2.16. The number of H-pyrrole nitrogens is 1. The monoisotopic (exact) mass is 281 g/mol. The molecule has 2 aromatic rings. The van der Waals surface area contributed by atoms with Gasteiger partial charge in [0.2, 0.25) is 0 Å². The zero-order chi connectivity index (χ0) is 13.9. The summed E-state index contributed by atoms with van der Waals surface area (Å²) in [5, 5.41) is 0.0866. The summed E-state index contributed by atoms with van der Waals surface area (Å²) in [5.41, 5.74) is 0.881. The number of imidazole rings is 1. The Hall–Kier alpha value is -1.86. The normalized spacial score (nSPS) is 11.7. The van der Waals surface area contributed by atoms with E-state index in [2.05, 4.69) is 9.97 Å². The number of hydrogen-bond donors (Lipinski definition) is 1. The molecule has 1 N–H and O–H groups in total. The van der Waals surface area contributed by atoms with Crippen LogP contribution in [0.15, 0.2) is 41.8 Å². The van der Waals surface area contributed by atoms with Gasteiger partial charge in [-0.05, 0) is 17.7 Å². The zero-order valence-corrected chi connectivity index (χ0v) is 11.5. The van der Waals surface area contributed by atoms with Gasteiger partial charge in [0.05, 0.1) is 19.6 Å². The number of ether oxygens (including phenoxy) is 1. The zero-order valence-electron chi connectivity index (χ0n) is 10.7. The third-order valence-corrected chi connectivity index (χ3v) is 4.45. The van der Waals surface area contributed by atoms with Crippen LogP contribution in [0.25, 0.3) is 0 Å². The molecule has 0 spiro atoms. The van der Waals surface area contributed by atoms with Gasteiger partial charge in [0.1, 0.15) is 5.75 Å². The highest BCUT2D eigenvalue weighted by molar-refractivity contribution is 7.89. The van der Waals surface area contributed by atoms with Crippen LogP contribution in [0.5, 0.6) is 5.75 Å². The predicted molar refractivity (Wildman–Crippen MR) is 70.2 cm³/mol. The molecule has 0 unspecified atom stereocenters. The van der Waals surface area contributed by atoms with Gasteiger partial charge in [0.15, 0.2) is 5.03 Å². The number of aromatic nitrogens is 2. The van der Waals surface area contributed by atoms with Crippen molar-refractivity contribution in [3.05, 3.63) is 42.4 Å². The van der Waals surface area contributed by atoms with Crippen LogP contribution >= 0.6 is 0 Å². The van der Waals surface area contributed by atoms with Crippen LogP contribution in [0.3, 0.4) is 0 Å². The Morgan fingerprint density at radius 2 is 2.00 bits per heavy atom. The smallest absolute Gasteiger partial charge is 0.260 e. The minimum atomic E-state index is -3.53. The summed E-state index contributed by atoms with van der Waals surface area (Å²) in [4.78, 5) is 6.32. The third kappa shape index (κ3) is 2.94. The van der Waals surface area contributed by atoms with E-state index in [0.717, 1.165) is 11.3 Å². The topological polar surface area (TPSA) is 75.3 Å². The Labute approximate surface area is 112 Å². The molecule has 0 fully saturated rings. The molecule has 2 rings (SSSR count). The first-order valence-corrected chi connectivity index (χ1v) is 7.05. The maximum Gasteiger partial charge on any atom is 0.260 e. The molecule has 1 aromatic carbocycles. The van der Waals surface area contributed by atoms with E-state index in [0.29, 0.717) is 0 Å². The van der Waals surface area contributed by atoms with E-state index in [-0.39, 0.29) is 11.6 Å². The molecule has 19 heavy (non-hydrogen) atoms. The van der Waals surface area contributed by atoms with E-state index < -0.39 is 10.0 Å². The van der Waals surface area contributed by atoms with Gasteiger partial charge in [0, 0.05) is 13.6 Å². The maximum atomic E-state index is 12.2. The van der Waals surface area contributed by atoms with Crippen molar-refractivity contribution in [2.45, 2.75) is 11.6 Å². The first kappa shape index (κ1) is 13.6. The second kappa shape index (κ2) is 5.41. The Morgan fingerprint density at radius 3 is 2.53 bits per heavy atom.